The lowest BCUT2D eigenvalue weighted by atomic mass is 10.1. The highest BCUT2D eigenvalue weighted by molar-refractivity contribution is 7.91. The summed E-state index contributed by atoms with van der Waals surface area (Å²) in [6, 6.07) is 2.43. The van der Waals surface area contributed by atoms with Gasteiger partial charge in [-0.15, -0.1) is 0 Å². The van der Waals surface area contributed by atoms with Gasteiger partial charge in [-0.25, -0.2) is 13.2 Å². The molecule has 1 aliphatic rings. The predicted octanol–water partition coefficient (Wildman–Crippen LogP) is 3.48. The van der Waals surface area contributed by atoms with Gasteiger partial charge in [0.2, 0.25) is 0 Å². The Kier molecular flexibility index (Phi) is 7.41. The number of amides is 1. The zero-order valence-electron chi connectivity index (χ0n) is 14.9. The molecule has 0 spiro atoms. The Hall–Kier alpha value is -1.02. The number of esters is 1. The van der Waals surface area contributed by atoms with Crippen LogP contribution in [-0.4, -0.2) is 55.9 Å². The second kappa shape index (κ2) is 8.99. The smallest absolute Gasteiger partial charge is 0.341 e. The number of sulfone groups is 1. The molecule has 0 saturated carbocycles. The summed E-state index contributed by atoms with van der Waals surface area (Å²) in [4.78, 5) is 26.4. The van der Waals surface area contributed by atoms with Gasteiger partial charge in [-0.2, -0.15) is 0 Å². The Morgan fingerprint density at radius 1 is 1.22 bits per heavy atom. The molecule has 2 rings (SSSR count). The van der Waals surface area contributed by atoms with Crippen LogP contribution in [0.5, 0.6) is 0 Å². The monoisotopic (exact) mass is 455 g/mol. The maximum atomic E-state index is 12.6. The molecule has 1 atom stereocenters. The summed E-state index contributed by atoms with van der Waals surface area (Å²) in [6.45, 7) is 3.67. The molecule has 0 radical (unpaired) electrons. The molecule has 1 aromatic carbocycles. The number of rotatable bonds is 6. The molecular weight excluding hydrogens is 437 g/mol. The van der Waals surface area contributed by atoms with Crippen LogP contribution >= 0.6 is 34.8 Å². The van der Waals surface area contributed by atoms with E-state index >= 15 is 0 Å². The van der Waals surface area contributed by atoms with Gasteiger partial charge >= 0.3 is 5.97 Å². The van der Waals surface area contributed by atoms with Gasteiger partial charge in [0.15, 0.2) is 16.4 Å². The summed E-state index contributed by atoms with van der Waals surface area (Å²) in [5, 5.41) is 0.141. The molecule has 6 nitrogen and oxygen atoms in total. The lowest BCUT2D eigenvalue weighted by molar-refractivity contribution is -0.137. The molecule has 0 aromatic heterocycles. The Bertz CT molecular complexity index is 841. The van der Waals surface area contributed by atoms with Crippen LogP contribution < -0.4 is 0 Å². The molecule has 0 aliphatic carbocycles. The maximum absolute atomic E-state index is 12.6. The number of ether oxygens (including phenoxy) is 1. The van der Waals surface area contributed by atoms with E-state index in [4.69, 9.17) is 39.5 Å². The van der Waals surface area contributed by atoms with Crippen molar-refractivity contribution in [3.8, 4) is 0 Å². The largest absolute Gasteiger partial charge is 0.452 e. The molecule has 1 saturated heterocycles. The van der Waals surface area contributed by atoms with Gasteiger partial charge in [-0.3, -0.25) is 4.79 Å². The Balaban J connectivity index is 2.09. The average molecular weight is 457 g/mol. The number of hydrogen-bond donors (Lipinski definition) is 0. The third-order valence-corrected chi connectivity index (χ3v) is 6.98. The van der Waals surface area contributed by atoms with E-state index in [2.05, 4.69) is 0 Å². The Morgan fingerprint density at radius 3 is 2.41 bits per heavy atom. The average Bonchev–Trinajstić information content (AvgIpc) is 2.93. The van der Waals surface area contributed by atoms with Crippen LogP contribution in [0.3, 0.4) is 0 Å². The van der Waals surface area contributed by atoms with Gasteiger partial charge in [0, 0.05) is 12.6 Å². The van der Waals surface area contributed by atoms with E-state index in [9.17, 15) is 18.0 Å². The molecule has 0 bridgehead atoms. The first-order valence-electron chi connectivity index (χ1n) is 8.32. The van der Waals surface area contributed by atoms with Gasteiger partial charge in [-0.1, -0.05) is 48.7 Å². The van der Waals surface area contributed by atoms with Crippen molar-refractivity contribution in [2.45, 2.75) is 26.3 Å². The lowest BCUT2D eigenvalue weighted by Crippen LogP contribution is -2.45. The zero-order chi connectivity index (χ0) is 20.4. The van der Waals surface area contributed by atoms with E-state index < -0.39 is 34.4 Å². The number of carbonyl (C=O) groups is 2. The molecule has 150 valence electrons. The molecule has 1 heterocycles. The van der Waals surface area contributed by atoms with E-state index in [1.807, 2.05) is 13.8 Å². The highest BCUT2D eigenvalue weighted by Gasteiger charge is 2.35. The minimum atomic E-state index is -3.15. The van der Waals surface area contributed by atoms with Gasteiger partial charge in [0.25, 0.3) is 5.91 Å². The summed E-state index contributed by atoms with van der Waals surface area (Å²) in [6.07, 6.45) is 0.376. The molecule has 0 N–H and O–H groups in total. The standard InChI is InChI=1S/C17H20Cl3NO5S/c1-10(2)7-21(11-5-6-27(24,25)9-11)14(22)8-26-17(23)15-12(18)3-4-13(19)16(15)20/h3-4,10-11H,5-9H2,1-2H3/t11-/m1/s1. The van der Waals surface area contributed by atoms with Gasteiger partial charge in [0.1, 0.15) is 0 Å². The minimum absolute atomic E-state index is 0.0487. The van der Waals surface area contributed by atoms with Crippen molar-refractivity contribution in [3.63, 3.8) is 0 Å². The second-order valence-electron chi connectivity index (χ2n) is 6.79. The molecule has 1 fully saturated rings. The molecule has 10 heteroatoms. The van der Waals surface area contributed by atoms with E-state index in [-0.39, 0.29) is 38.1 Å². The van der Waals surface area contributed by atoms with Crippen LogP contribution in [0.2, 0.25) is 15.1 Å². The summed E-state index contributed by atoms with van der Waals surface area (Å²) in [7, 11) is -3.15. The highest BCUT2D eigenvalue weighted by Crippen LogP contribution is 2.32. The van der Waals surface area contributed by atoms with Gasteiger partial charge < -0.3 is 9.64 Å². The quantitative estimate of drug-likeness (QED) is 0.483. The number of hydrogen-bond acceptors (Lipinski definition) is 5. The number of benzene rings is 1. The lowest BCUT2D eigenvalue weighted by Gasteiger charge is -2.29. The predicted molar refractivity (Wildman–Crippen MR) is 105 cm³/mol. The van der Waals surface area contributed by atoms with Crippen molar-refractivity contribution in [2.24, 2.45) is 5.92 Å². The summed E-state index contributed by atoms with van der Waals surface area (Å²) < 4.78 is 28.6. The molecular formula is C17H20Cl3NO5S. The van der Waals surface area contributed by atoms with Gasteiger partial charge in [-0.05, 0) is 24.5 Å². The molecule has 27 heavy (non-hydrogen) atoms. The maximum Gasteiger partial charge on any atom is 0.341 e. The van der Waals surface area contributed by atoms with Crippen molar-refractivity contribution in [3.05, 3.63) is 32.8 Å². The SMILES string of the molecule is CC(C)CN(C(=O)COC(=O)c1c(Cl)ccc(Cl)c1Cl)[C@@H]1CCS(=O)(=O)C1. The first-order valence-corrected chi connectivity index (χ1v) is 11.3. The van der Waals surface area contributed by atoms with Gasteiger partial charge in [0.05, 0.1) is 32.1 Å². The van der Waals surface area contributed by atoms with Crippen molar-refractivity contribution in [2.75, 3.05) is 24.7 Å². The van der Waals surface area contributed by atoms with Crippen molar-refractivity contribution in [1.29, 1.82) is 0 Å². The highest BCUT2D eigenvalue weighted by atomic mass is 35.5. The minimum Gasteiger partial charge on any atom is -0.452 e. The number of halogens is 3. The van der Waals surface area contributed by atoms with Crippen molar-refractivity contribution < 1.29 is 22.7 Å². The van der Waals surface area contributed by atoms with Crippen LogP contribution in [0.25, 0.3) is 0 Å². The van der Waals surface area contributed by atoms with E-state index in [1.54, 1.807) is 0 Å². The fourth-order valence-electron chi connectivity index (χ4n) is 2.87. The summed E-state index contributed by atoms with van der Waals surface area (Å²) in [5.74, 6) is -1.24. The van der Waals surface area contributed by atoms with E-state index in [0.717, 1.165) is 0 Å². The van der Waals surface area contributed by atoms with Crippen LogP contribution in [-0.2, 0) is 19.4 Å². The number of nitrogens with zero attached hydrogens (tertiary/aromatic N) is 1. The Morgan fingerprint density at radius 2 is 1.85 bits per heavy atom. The van der Waals surface area contributed by atoms with Crippen LogP contribution in [0, 0.1) is 5.92 Å². The summed E-state index contributed by atoms with van der Waals surface area (Å²) >= 11 is 17.9. The Labute approximate surface area is 173 Å². The van der Waals surface area contributed by atoms with E-state index in [1.165, 1.54) is 17.0 Å². The normalized spacial score (nSPS) is 18.5. The molecule has 1 amide bonds. The molecule has 1 aliphatic heterocycles. The topological polar surface area (TPSA) is 80.8 Å². The first kappa shape index (κ1) is 22.3. The fraction of sp³-hybridized carbons (Fsp3) is 0.529. The fourth-order valence-corrected chi connectivity index (χ4v) is 5.28. The molecule has 1 aromatic rings. The second-order valence-corrected chi connectivity index (χ2v) is 10.2. The summed E-state index contributed by atoms with van der Waals surface area (Å²) in [5.41, 5.74) is -0.113. The van der Waals surface area contributed by atoms with Crippen LogP contribution in [0.4, 0.5) is 0 Å². The third kappa shape index (κ3) is 5.73. The zero-order valence-corrected chi connectivity index (χ0v) is 18.0. The molecule has 0 unspecified atom stereocenters. The van der Waals surface area contributed by atoms with Crippen molar-refractivity contribution >= 4 is 56.5 Å². The first-order chi connectivity index (χ1) is 12.5. The van der Waals surface area contributed by atoms with Crippen molar-refractivity contribution in [1.82, 2.24) is 4.90 Å². The van der Waals surface area contributed by atoms with Crippen LogP contribution in [0.1, 0.15) is 30.6 Å². The van der Waals surface area contributed by atoms with E-state index in [0.29, 0.717) is 13.0 Å². The third-order valence-electron chi connectivity index (χ3n) is 4.11. The van der Waals surface area contributed by atoms with Crippen LogP contribution in [0.15, 0.2) is 12.1 Å². The number of carbonyl (C=O) groups excluding carboxylic acids is 2.